The summed E-state index contributed by atoms with van der Waals surface area (Å²) in [4.78, 5) is 18.5. The maximum atomic E-state index is 4.73. The molecule has 1 fully saturated rings. The van der Waals surface area contributed by atoms with Crippen molar-refractivity contribution in [3.8, 4) is 0 Å². The first-order chi connectivity index (χ1) is 12.2. The Kier molecular flexibility index (Phi) is 4.63. The zero-order chi connectivity index (χ0) is 17.2. The minimum absolute atomic E-state index is 0.823. The maximum Gasteiger partial charge on any atom is 0.225 e. The van der Waals surface area contributed by atoms with E-state index in [9.17, 15) is 0 Å². The molecule has 2 aromatic heterocycles. The van der Waals surface area contributed by atoms with E-state index in [1.807, 2.05) is 36.7 Å². The van der Waals surface area contributed by atoms with Crippen LogP contribution in [-0.4, -0.2) is 46.0 Å². The van der Waals surface area contributed by atoms with Crippen LogP contribution in [-0.2, 0) is 6.54 Å². The summed E-state index contributed by atoms with van der Waals surface area (Å²) in [5, 5.41) is 1.06. The lowest BCUT2D eigenvalue weighted by Gasteiger charge is -2.34. The Balaban J connectivity index is 1.43. The molecule has 0 unspecified atom stereocenters. The van der Waals surface area contributed by atoms with Gasteiger partial charge in [0.1, 0.15) is 0 Å². The largest absolute Gasteiger partial charge is 0.338 e. The van der Waals surface area contributed by atoms with Crippen LogP contribution < -0.4 is 4.90 Å². The average Bonchev–Trinajstić information content (AvgIpc) is 2.64. The van der Waals surface area contributed by atoms with Gasteiger partial charge >= 0.3 is 0 Å². The lowest BCUT2D eigenvalue weighted by molar-refractivity contribution is 0.245. The second kappa shape index (κ2) is 7.06. The molecule has 0 saturated carbocycles. The van der Waals surface area contributed by atoms with E-state index in [2.05, 4.69) is 48.7 Å². The van der Waals surface area contributed by atoms with Crippen molar-refractivity contribution in [3.63, 3.8) is 0 Å². The van der Waals surface area contributed by atoms with E-state index in [1.54, 1.807) is 0 Å². The summed E-state index contributed by atoms with van der Waals surface area (Å²) in [6.45, 7) is 6.91. The third-order valence-corrected chi connectivity index (χ3v) is 5.17. The number of hydrogen-bond acceptors (Lipinski definition) is 5. The molecule has 0 radical (unpaired) electrons. The number of aryl methyl sites for hydroxylation is 1. The molecule has 1 aromatic carbocycles. The summed E-state index contributed by atoms with van der Waals surface area (Å²) in [6, 6.07) is 10.2. The SMILES string of the molecule is Cc1cccnc1CN1CCN(c2ncc3cc(Br)ccc3n2)CC1. The maximum absolute atomic E-state index is 4.73. The fourth-order valence-corrected chi connectivity index (χ4v) is 3.53. The van der Waals surface area contributed by atoms with Gasteiger partial charge in [-0.25, -0.2) is 9.97 Å². The van der Waals surface area contributed by atoms with Crippen LogP contribution in [0.4, 0.5) is 5.95 Å². The third-order valence-electron chi connectivity index (χ3n) is 4.68. The van der Waals surface area contributed by atoms with Crippen molar-refractivity contribution in [2.45, 2.75) is 13.5 Å². The lowest BCUT2D eigenvalue weighted by Crippen LogP contribution is -2.46. The standard InChI is InChI=1S/C19H20BrN5/c1-14-3-2-6-21-18(14)13-24-7-9-25(10-8-24)19-22-12-15-11-16(20)4-5-17(15)23-19/h2-6,11-12H,7-10,13H2,1H3. The van der Waals surface area contributed by atoms with Crippen molar-refractivity contribution in [1.29, 1.82) is 0 Å². The van der Waals surface area contributed by atoms with Gasteiger partial charge in [-0.2, -0.15) is 0 Å². The molecule has 5 nitrogen and oxygen atoms in total. The summed E-state index contributed by atoms with van der Waals surface area (Å²) in [6.07, 6.45) is 3.78. The van der Waals surface area contributed by atoms with Crippen LogP contribution in [0.2, 0.25) is 0 Å². The number of fused-ring (bicyclic) bond motifs is 1. The van der Waals surface area contributed by atoms with Crippen LogP contribution in [0.1, 0.15) is 11.3 Å². The normalized spacial score (nSPS) is 15.7. The van der Waals surface area contributed by atoms with Crippen LogP contribution in [0.25, 0.3) is 10.9 Å². The van der Waals surface area contributed by atoms with E-state index >= 15 is 0 Å². The summed E-state index contributed by atoms with van der Waals surface area (Å²) in [7, 11) is 0. The highest BCUT2D eigenvalue weighted by Crippen LogP contribution is 2.20. The van der Waals surface area contributed by atoms with Crippen LogP contribution in [0.5, 0.6) is 0 Å². The van der Waals surface area contributed by atoms with Gasteiger partial charge in [0.25, 0.3) is 0 Å². The first-order valence-corrected chi connectivity index (χ1v) is 9.28. The smallest absolute Gasteiger partial charge is 0.225 e. The van der Waals surface area contributed by atoms with Gasteiger partial charge in [0, 0.05) is 55.0 Å². The Morgan fingerprint density at radius 2 is 1.92 bits per heavy atom. The highest BCUT2D eigenvalue weighted by Gasteiger charge is 2.20. The second-order valence-electron chi connectivity index (χ2n) is 6.40. The average molecular weight is 398 g/mol. The van der Waals surface area contributed by atoms with Gasteiger partial charge in [-0.15, -0.1) is 0 Å². The molecule has 0 spiro atoms. The Hall–Kier alpha value is -2.05. The topological polar surface area (TPSA) is 45.2 Å². The molecule has 25 heavy (non-hydrogen) atoms. The zero-order valence-corrected chi connectivity index (χ0v) is 15.8. The quantitative estimate of drug-likeness (QED) is 0.677. The molecule has 6 heteroatoms. The number of nitrogens with zero attached hydrogens (tertiary/aromatic N) is 5. The van der Waals surface area contributed by atoms with Gasteiger partial charge in [0.15, 0.2) is 0 Å². The Labute approximate surface area is 155 Å². The minimum atomic E-state index is 0.823. The molecule has 0 N–H and O–H groups in total. The first kappa shape index (κ1) is 16.4. The molecule has 4 rings (SSSR count). The predicted octanol–water partition coefficient (Wildman–Crippen LogP) is 3.42. The Bertz CT molecular complexity index is 890. The molecule has 0 bridgehead atoms. The molecule has 0 atom stereocenters. The molecular weight excluding hydrogens is 378 g/mol. The van der Waals surface area contributed by atoms with Crippen molar-refractivity contribution < 1.29 is 0 Å². The van der Waals surface area contributed by atoms with Crippen LogP contribution >= 0.6 is 15.9 Å². The molecule has 1 aliphatic rings. The molecular formula is C19H20BrN5. The summed E-state index contributed by atoms with van der Waals surface area (Å²) in [5.74, 6) is 0.823. The molecule has 0 aliphatic carbocycles. The van der Waals surface area contributed by atoms with Crippen LogP contribution in [0.3, 0.4) is 0 Å². The molecule has 1 saturated heterocycles. The van der Waals surface area contributed by atoms with E-state index in [0.717, 1.165) is 54.0 Å². The molecule has 3 aromatic rings. The van der Waals surface area contributed by atoms with Crippen molar-refractivity contribution in [2.75, 3.05) is 31.1 Å². The van der Waals surface area contributed by atoms with E-state index in [4.69, 9.17) is 4.98 Å². The number of rotatable bonds is 3. The number of piperazine rings is 1. The van der Waals surface area contributed by atoms with E-state index < -0.39 is 0 Å². The number of aromatic nitrogens is 3. The first-order valence-electron chi connectivity index (χ1n) is 8.49. The second-order valence-corrected chi connectivity index (χ2v) is 7.32. The van der Waals surface area contributed by atoms with E-state index in [-0.39, 0.29) is 0 Å². The fraction of sp³-hybridized carbons (Fsp3) is 0.316. The predicted molar refractivity (Wildman–Crippen MR) is 104 cm³/mol. The van der Waals surface area contributed by atoms with Crippen molar-refractivity contribution >= 4 is 32.8 Å². The summed E-state index contributed by atoms with van der Waals surface area (Å²) in [5.41, 5.74) is 3.41. The Morgan fingerprint density at radius 3 is 2.72 bits per heavy atom. The van der Waals surface area contributed by atoms with E-state index in [0.29, 0.717) is 0 Å². The monoisotopic (exact) mass is 397 g/mol. The number of halogens is 1. The molecule has 0 amide bonds. The molecule has 3 heterocycles. The number of pyridine rings is 1. The van der Waals surface area contributed by atoms with Gasteiger partial charge in [-0.05, 0) is 36.8 Å². The van der Waals surface area contributed by atoms with Crippen LogP contribution in [0, 0.1) is 6.92 Å². The Morgan fingerprint density at radius 1 is 1.08 bits per heavy atom. The van der Waals surface area contributed by atoms with Gasteiger partial charge in [-0.3, -0.25) is 9.88 Å². The van der Waals surface area contributed by atoms with Gasteiger partial charge < -0.3 is 4.90 Å². The van der Waals surface area contributed by atoms with E-state index in [1.165, 1.54) is 11.3 Å². The zero-order valence-electron chi connectivity index (χ0n) is 14.2. The minimum Gasteiger partial charge on any atom is -0.338 e. The molecule has 1 aliphatic heterocycles. The fourth-order valence-electron chi connectivity index (χ4n) is 3.15. The van der Waals surface area contributed by atoms with Gasteiger partial charge in [-0.1, -0.05) is 22.0 Å². The van der Waals surface area contributed by atoms with Crippen LogP contribution in [0.15, 0.2) is 47.2 Å². The van der Waals surface area contributed by atoms with Gasteiger partial charge in [0.05, 0.1) is 11.2 Å². The van der Waals surface area contributed by atoms with Crippen molar-refractivity contribution in [1.82, 2.24) is 19.9 Å². The van der Waals surface area contributed by atoms with Crippen molar-refractivity contribution in [3.05, 3.63) is 58.5 Å². The lowest BCUT2D eigenvalue weighted by atomic mass is 10.2. The highest BCUT2D eigenvalue weighted by atomic mass is 79.9. The van der Waals surface area contributed by atoms with Gasteiger partial charge in [0.2, 0.25) is 5.95 Å². The van der Waals surface area contributed by atoms with Crippen molar-refractivity contribution in [2.24, 2.45) is 0 Å². The highest BCUT2D eigenvalue weighted by molar-refractivity contribution is 9.10. The number of anilines is 1. The summed E-state index contributed by atoms with van der Waals surface area (Å²) < 4.78 is 1.05. The summed E-state index contributed by atoms with van der Waals surface area (Å²) >= 11 is 3.49. The molecule has 128 valence electrons. The third kappa shape index (κ3) is 3.65. The number of hydrogen-bond donors (Lipinski definition) is 0. The number of benzene rings is 1.